The highest BCUT2D eigenvalue weighted by Crippen LogP contribution is 2.43. The molecule has 0 radical (unpaired) electrons. The first-order valence-electron chi connectivity index (χ1n) is 8.75. The third kappa shape index (κ3) is 3.01. The summed E-state index contributed by atoms with van der Waals surface area (Å²) in [6, 6.07) is 12.8. The Morgan fingerprint density at radius 1 is 1.12 bits per heavy atom. The molecular weight excluding hydrogens is 369 g/mol. The lowest BCUT2D eigenvalue weighted by Gasteiger charge is -2.33. The quantitative estimate of drug-likeness (QED) is 0.783. The summed E-state index contributed by atoms with van der Waals surface area (Å²) in [5.41, 5.74) is 7.33. The van der Waals surface area contributed by atoms with E-state index in [4.69, 9.17) is 28.0 Å². The van der Waals surface area contributed by atoms with Gasteiger partial charge in [-0.05, 0) is 61.2 Å². The van der Waals surface area contributed by atoms with Crippen molar-refractivity contribution in [1.29, 1.82) is 0 Å². The molecule has 1 heterocycles. The molecule has 0 aromatic heterocycles. The molecule has 26 heavy (non-hydrogen) atoms. The Bertz CT molecular complexity index is 870. The van der Waals surface area contributed by atoms with Crippen LogP contribution in [0.5, 0.6) is 0 Å². The number of hydrogen-bond acceptors (Lipinski definition) is 4. The molecule has 0 fully saturated rings. The van der Waals surface area contributed by atoms with E-state index in [-0.39, 0.29) is 0 Å². The molecule has 3 atom stereocenters. The first kappa shape index (κ1) is 17.8. The van der Waals surface area contributed by atoms with Gasteiger partial charge >= 0.3 is 0 Å². The molecule has 0 saturated heterocycles. The lowest BCUT2D eigenvalue weighted by molar-refractivity contribution is 0.134. The molecular formula is C20H21Cl2N3O. The summed E-state index contributed by atoms with van der Waals surface area (Å²) in [5, 5.41) is 4.64. The Balaban J connectivity index is 1.78. The SMILES string of the molecule is CNC1CCC(c2ccc(Cl)c(Cl)c2)c2ccc(C3(C)N=CON3)cc21. The Morgan fingerprint density at radius 3 is 2.65 bits per heavy atom. The fraction of sp³-hybridized carbons (Fsp3) is 0.350. The van der Waals surface area contributed by atoms with Crippen molar-refractivity contribution in [2.24, 2.45) is 4.99 Å². The number of nitrogens with one attached hydrogen (secondary N) is 2. The van der Waals surface area contributed by atoms with Crippen LogP contribution in [0, 0.1) is 0 Å². The third-order valence-corrected chi connectivity index (χ3v) is 6.20. The van der Waals surface area contributed by atoms with Gasteiger partial charge in [-0.25, -0.2) is 4.99 Å². The third-order valence-electron chi connectivity index (χ3n) is 5.46. The van der Waals surface area contributed by atoms with Gasteiger partial charge in [-0.3, -0.25) is 0 Å². The van der Waals surface area contributed by atoms with Gasteiger partial charge in [-0.1, -0.05) is 47.5 Å². The van der Waals surface area contributed by atoms with Gasteiger partial charge in [0.25, 0.3) is 0 Å². The number of hydrogen-bond donors (Lipinski definition) is 2. The Labute approximate surface area is 163 Å². The maximum atomic E-state index is 6.26. The van der Waals surface area contributed by atoms with Crippen molar-refractivity contribution < 1.29 is 4.84 Å². The van der Waals surface area contributed by atoms with Crippen LogP contribution in [-0.4, -0.2) is 13.4 Å². The van der Waals surface area contributed by atoms with Gasteiger partial charge in [0.2, 0.25) is 0 Å². The molecule has 6 heteroatoms. The van der Waals surface area contributed by atoms with Gasteiger partial charge in [0.1, 0.15) is 0 Å². The van der Waals surface area contributed by atoms with Crippen molar-refractivity contribution in [3.05, 3.63) is 68.7 Å². The Kier molecular flexibility index (Phi) is 4.70. The summed E-state index contributed by atoms with van der Waals surface area (Å²) < 4.78 is 0. The normalized spacial score (nSPS) is 27.2. The standard InChI is InChI=1S/C20H21Cl2N3O/c1-20(24-11-26-25-20)13-4-5-15-14(6-8-19(23-2)16(15)10-13)12-3-7-17(21)18(22)9-12/h3-5,7,9-11,14,19,23,25H,6,8H2,1-2H3. The van der Waals surface area contributed by atoms with Crippen molar-refractivity contribution in [3.63, 3.8) is 0 Å². The summed E-state index contributed by atoms with van der Waals surface area (Å²) in [5.74, 6) is 0.308. The number of hydroxylamine groups is 1. The van der Waals surface area contributed by atoms with E-state index in [2.05, 4.69) is 40.1 Å². The monoisotopic (exact) mass is 389 g/mol. The van der Waals surface area contributed by atoms with Crippen LogP contribution in [0.15, 0.2) is 41.4 Å². The van der Waals surface area contributed by atoms with E-state index < -0.39 is 5.66 Å². The van der Waals surface area contributed by atoms with Gasteiger partial charge in [0.05, 0.1) is 10.0 Å². The molecule has 2 aliphatic rings. The van der Waals surface area contributed by atoms with Crippen LogP contribution in [0.4, 0.5) is 0 Å². The number of rotatable bonds is 3. The van der Waals surface area contributed by atoms with Crippen molar-refractivity contribution >= 4 is 29.6 Å². The first-order valence-corrected chi connectivity index (χ1v) is 9.50. The fourth-order valence-electron chi connectivity index (χ4n) is 3.95. The summed E-state index contributed by atoms with van der Waals surface area (Å²) >= 11 is 12.4. The van der Waals surface area contributed by atoms with Gasteiger partial charge in [-0.15, -0.1) is 5.48 Å². The number of fused-ring (bicyclic) bond motifs is 1. The van der Waals surface area contributed by atoms with Crippen LogP contribution in [0.25, 0.3) is 0 Å². The second-order valence-electron chi connectivity index (χ2n) is 7.02. The molecule has 136 valence electrons. The molecule has 3 unspecified atom stereocenters. The van der Waals surface area contributed by atoms with E-state index in [1.807, 2.05) is 26.1 Å². The molecule has 0 spiro atoms. The maximum Gasteiger partial charge on any atom is 0.198 e. The number of aliphatic imine (C=N–C) groups is 1. The molecule has 4 nitrogen and oxygen atoms in total. The average molecular weight is 390 g/mol. The summed E-state index contributed by atoms with van der Waals surface area (Å²) in [6.45, 7) is 2.01. The average Bonchev–Trinajstić information content (AvgIpc) is 3.10. The van der Waals surface area contributed by atoms with Crippen LogP contribution >= 0.6 is 23.2 Å². The lowest BCUT2D eigenvalue weighted by atomic mass is 9.75. The summed E-state index contributed by atoms with van der Waals surface area (Å²) in [4.78, 5) is 9.57. The highest BCUT2D eigenvalue weighted by molar-refractivity contribution is 6.42. The minimum Gasteiger partial charge on any atom is -0.394 e. The predicted octanol–water partition coefficient (Wildman–Crippen LogP) is 4.92. The van der Waals surface area contributed by atoms with Crippen LogP contribution in [0.3, 0.4) is 0 Å². The van der Waals surface area contributed by atoms with Gasteiger partial charge < -0.3 is 10.2 Å². The molecule has 0 amide bonds. The first-order chi connectivity index (χ1) is 12.5. The highest BCUT2D eigenvalue weighted by Gasteiger charge is 2.33. The molecule has 4 rings (SSSR count). The van der Waals surface area contributed by atoms with Gasteiger partial charge in [-0.2, -0.15) is 0 Å². The number of halogens is 2. The molecule has 0 saturated carbocycles. The summed E-state index contributed by atoms with van der Waals surface area (Å²) in [6.07, 6.45) is 3.57. The highest BCUT2D eigenvalue weighted by atomic mass is 35.5. The Morgan fingerprint density at radius 2 is 1.96 bits per heavy atom. The van der Waals surface area contributed by atoms with E-state index in [1.165, 1.54) is 23.1 Å². The van der Waals surface area contributed by atoms with Crippen molar-refractivity contribution in [2.75, 3.05) is 7.05 Å². The van der Waals surface area contributed by atoms with E-state index in [0.29, 0.717) is 22.0 Å². The predicted molar refractivity (Wildman–Crippen MR) is 106 cm³/mol. The van der Waals surface area contributed by atoms with E-state index in [1.54, 1.807) is 0 Å². The van der Waals surface area contributed by atoms with Crippen molar-refractivity contribution in [1.82, 2.24) is 10.8 Å². The van der Waals surface area contributed by atoms with E-state index in [0.717, 1.165) is 18.4 Å². The molecule has 1 aliphatic carbocycles. The minimum absolute atomic E-state index is 0.308. The smallest absolute Gasteiger partial charge is 0.198 e. The van der Waals surface area contributed by atoms with Gasteiger partial charge in [0.15, 0.2) is 12.1 Å². The molecule has 1 aliphatic heterocycles. The molecule has 2 aromatic rings. The molecule has 2 aromatic carbocycles. The van der Waals surface area contributed by atoms with Crippen LogP contribution < -0.4 is 10.8 Å². The fourth-order valence-corrected chi connectivity index (χ4v) is 4.26. The second-order valence-corrected chi connectivity index (χ2v) is 7.83. The van der Waals surface area contributed by atoms with Gasteiger partial charge in [0, 0.05) is 12.0 Å². The van der Waals surface area contributed by atoms with E-state index >= 15 is 0 Å². The lowest BCUT2D eigenvalue weighted by Crippen LogP contribution is -2.33. The minimum atomic E-state index is -0.552. The van der Waals surface area contributed by atoms with Crippen LogP contribution in [-0.2, 0) is 10.5 Å². The second kappa shape index (κ2) is 6.86. The maximum absolute atomic E-state index is 6.26. The van der Waals surface area contributed by atoms with Crippen molar-refractivity contribution in [2.45, 2.75) is 37.4 Å². The summed E-state index contributed by atoms with van der Waals surface area (Å²) in [7, 11) is 2.01. The Hall–Kier alpha value is -1.59. The largest absolute Gasteiger partial charge is 0.394 e. The topological polar surface area (TPSA) is 45.7 Å². The van der Waals surface area contributed by atoms with Crippen molar-refractivity contribution in [3.8, 4) is 0 Å². The van der Waals surface area contributed by atoms with Crippen LogP contribution in [0.1, 0.15) is 54.0 Å². The number of nitrogens with zero attached hydrogens (tertiary/aromatic N) is 1. The molecule has 2 N–H and O–H groups in total. The zero-order valence-electron chi connectivity index (χ0n) is 14.7. The zero-order chi connectivity index (χ0) is 18.3. The zero-order valence-corrected chi connectivity index (χ0v) is 16.2. The van der Waals surface area contributed by atoms with Crippen LogP contribution in [0.2, 0.25) is 10.0 Å². The number of benzene rings is 2. The molecule has 0 bridgehead atoms. The van der Waals surface area contributed by atoms with E-state index in [9.17, 15) is 0 Å².